The van der Waals surface area contributed by atoms with E-state index < -0.39 is 0 Å². The highest BCUT2D eigenvalue weighted by Gasteiger charge is 2.13. The fourth-order valence-electron chi connectivity index (χ4n) is 2.58. The predicted octanol–water partition coefficient (Wildman–Crippen LogP) is 3.47. The van der Waals surface area contributed by atoms with E-state index in [1.54, 1.807) is 0 Å². The topological polar surface area (TPSA) is 20.3 Å². The lowest BCUT2D eigenvalue weighted by Gasteiger charge is -2.26. The number of carbonyl (C=O) groups excluding carboxylic acids is 1. The Labute approximate surface area is 130 Å². The molecule has 0 spiro atoms. The molecule has 21 heavy (non-hydrogen) atoms. The molecule has 0 saturated carbocycles. The summed E-state index contributed by atoms with van der Waals surface area (Å²) in [6.45, 7) is 3.22. The number of thioether (sulfide) groups is 1. The predicted molar refractivity (Wildman–Crippen MR) is 88.9 cm³/mol. The van der Waals surface area contributed by atoms with Gasteiger partial charge in [0.25, 0.3) is 0 Å². The average molecular weight is 297 g/mol. The van der Waals surface area contributed by atoms with Crippen LogP contribution in [0.3, 0.4) is 0 Å². The first-order chi connectivity index (χ1) is 10.3. The highest BCUT2D eigenvalue weighted by Crippen LogP contribution is 2.16. The summed E-state index contributed by atoms with van der Waals surface area (Å²) in [7, 11) is 0. The summed E-state index contributed by atoms with van der Waals surface area (Å²) in [5, 5.41) is 0. The van der Waals surface area contributed by atoms with Gasteiger partial charge in [-0.1, -0.05) is 48.5 Å². The zero-order chi connectivity index (χ0) is 14.5. The summed E-state index contributed by atoms with van der Waals surface area (Å²) < 4.78 is 0. The van der Waals surface area contributed by atoms with E-state index in [1.807, 2.05) is 60.3 Å². The minimum atomic E-state index is 0.103. The third kappa shape index (κ3) is 3.74. The van der Waals surface area contributed by atoms with Gasteiger partial charge >= 0.3 is 0 Å². The molecule has 0 bridgehead atoms. The van der Waals surface area contributed by atoms with Crippen molar-refractivity contribution < 1.29 is 4.79 Å². The number of nitrogens with zero attached hydrogens (tertiary/aromatic N) is 1. The molecule has 0 radical (unpaired) electrons. The molecule has 2 aromatic carbocycles. The lowest BCUT2D eigenvalue weighted by atomic mass is 10.0. The molecular weight excluding hydrogens is 278 g/mol. The lowest BCUT2D eigenvalue weighted by molar-refractivity contribution is 0.103. The summed E-state index contributed by atoms with van der Waals surface area (Å²) in [5.41, 5.74) is 2.76. The number of hydrogen-bond donors (Lipinski definition) is 0. The van der Waals surface area contributed by atoms with Crippen molar-refractivity contribution in [2.75, 3.05) is 24.6 Å². The van der Waals surface area contributed by atoms with E-state index in [0.29, 0.717) is 0 Å². The van der Waals surface area contributed by atoms with E-state index in [4.69, 9.17) is 0 Å². The van der Waals surface area contributed by atoms with Gasteiger partial charge in [0.2, 0.25) is 0 Å². The Morgan fingerprint density at radius 2 is 1.67 bits per heavy atom. The molecule has 1 fully saturated rings. The number of benzene rings is 2. The van der Waals surface area contributed by atoms with Gasteiger partial charge in [0.1, 0.15) is 0 Å². The van der Waals surface area contributed by atoms with Crippen molar-refractivity contribution in [1.29, 1.82) is 0 Å². The van der Waals surface area contributed by atoms with Crippen LogP contribution in [0.1, 0.15) is 21.5 Å². The van der Waals surface area contributed by atoms with Crippen molar-refractivity contribution in [1.82, 2.24) is 4.90 Å². The Kier molecular flexibility index (Phi) is 4.73. The van der Waals surface area contributed by atoms with Gasteiger partial charge < -0.3 is 0 Å². The Hall–Kier alpha value is -1.58. The van der Waals surface area contributed by atoms with Crippen molar-refractivity contribution in [2.24, 2.45) is 0 Å². The Bertz CT molecular complexity index is 606. The smallest absolute Gasteiger partial charge is 0.193 e. The first-order valence-corrected chi connectivity index (χ1v) is 8.47. The number of rotatable bonds is 4. The molecule has 0 atom stereocenters. The van der Waals surface area contributed by atoms with Gasteiger partial charge in [0, 0.05) is 42.3 Å². The normalized spacial score (nSPS) is 15.8. The standard InChI is InChI=1S/C18H19NOS/c20-18(16-6-2-1-3-7-16)17-8-4-5-15(13-17)14-19-9-11-21-12-10-19/h1-8,13H,9-12,14H2. The van der Waals surface area contributed by atoms with E-state index >= 15 is 0 Å². The van der Waals surface area contributed by atoms with Crippen LogP contribution in [-0.4, -0.2) is 35.3 Å². The molecule has 0 unspecified atom stereocenters. The van der Waals surface area contributed by atoms with Gasteiger partial charge in [-0.15, -0.1) is 0 Å². The highest BCUT2D eigenvalue weighted by atomic mass is 32.2. The van der Waals surface area contributed by atoms with Crippen LogP contribution in [0.5, 0.6) is 0 Å². The first kappa shape index (κ1) is 14.4. The average Bonchev–Trinajstić information content (AvgIpc) is 2.56. The summed E-state index contributed by atoms with van der Waals surface area (Å²) in [4.78, 5) is 14.9. The maximum Gasteiger partial charge on any atom is 0.193 e. The van der Waals surface area contributed by atoms with Crippen molar-refractivity contribution in [3.63, 3.8) is 0 Å². The second-order valence-corrected chi connectivity index (χ2v) is 6.51. The molecule has 0 amide bonds. The fourth-order valence-corrected chi connectivity index (χ4v) is 3.56. The minimum absolute atomic E-state index is 0.103. The van der Waals surface area contributed by atoms with Crippen molar-refractivity contribution in [3.05, 3.63) is 71.3 Å². The Morgan fingerprint density at radius 1 is 0.952 bits per heavy atom. The largest absolute Gasteiger partial charge is 0.297 e. The third-order valence-corrected chi connectivity index (χ3v) is 4.68. The second kappa shape index (κ2) is 6.92. The fraction of sp³-hybridized carbons (Fsp3) is 0.278. The molecule has 0 aromatic heterocycles. The molecule has 0 aliphatic carbocycles. The van der Waals surface area contributed by atoms with Crippen molar-refractivity contribution in [3.8, 4) is 0 Å². The van der Waals surface area contributed by atoms with Crippen molar-refractivity contribution >= 4 is 17.5 Å². The summed E-state index contributed by atoms with van der Waals surface area (Å²) in [6, 6.07) is 17.5. The zero-order valence-electron chi connectivity index (χ0n) is 12.0. The van der Waals surface area contributed by atoms with Crippen LogP contribution in [-0.2, 0) is 6.54 Å². The van der Waals surface area contributed by atoms with E-state index in [2.05, 4.69) is 11.0 Å². The van der Waals surface area contributed by atoms with Gasteiger partial charge in [0.05, 0.1) is 0 Å². The van der Waals surface area contributed by atoms with Crippen molar-refractivity contribution in [2.45, 2.75) is 6.54 Å². The molecule has 1 aliphatic heterocycles. The molecular formula is C18H19NOS. The maximum absolute atomic E-state index is 12.5. The van der Waals surface area contributed by atoms with Gasteiger partial charge in [-0.2, -0.15) is 11.8 Å². The van der Waals surface area contributed by atoms with E-state index in [0.717, 1.165) is 30.8 Å². The van der Waals surface area contributed by atoms with Crippen LogP contribution in [0.15, 0.2) is 54.6 Å². The molecule has 2 aromatic rings. The first-order valence-electron chi connectivity index (χ1n) is 7.32. The summed E-state index contributed by atoms with van der Waals surface area (Å²) in [5.74, 6) is 2.53. The number of carbonyl (C=O) groups is 1. The summed E-state index contributed by atoms with van der Waals surface area (Å²) >= 11 is 2.02. The molecule has 2 nitrogen and oxygen atoms in total. The lowest BCUT2D eigenvalue weighted by Crippen LogP contribution is -2.31. The van der Waals surface area contributed by atoms with Gasteiger partial charge in [-0.3, -0.25) is 9.69 Å². The van der Waals surface area contributed by atoms with Crippen LogP contribution in [0.4, 0.5) is 0 Å². The molecule has 0 N–H and O–H groups in total. The second-order valence-electron chi connectivity index (χ2n) is 5.28. The zero-order valence-corrected chi connectivity index (χ0v) is 12.8. The quantitative estimate of drug-likeness (QED) is 0.806. The number of ketones is 1. The molecule has 1 heterocycles. The van der Waals surface area contributed by atoms with Crippen LogP contribution in [0.25, 0.3) is 0 Å². The Balaban J connectivity index is 1.75. The van der Waals surface area contributed by atoms with Crippen LogP contribution in [0, 0.1) is 0 Å². The molecule has 3 rings (SSSR count). The van der Waals surface area contributed by atoms with E-state index in [9.17, 15) is 4.79 Å². The van der Waals surface area contributed by atoms with Gasteiger partial charge in [-0.05, 0) is 11.6 Å². The molecule has 3 heteroatoms. The molecule has 108 valence electrons. The monoisotopic (exact) mass is 297 g/mol. The number of hydrogen-bond acceptors (Lipinski definition) is 3. The third-order valence-electron chi connectivity index (χ3n) is 3.74. The Morgan fingerprint density at radius 3 is 2.43 bits per heavy atom. The van der Waals surface area contributed by atoms with Crippen LogP contribution < -0.4 is 0 Å². The van der Waals surface area contributed by atoms with Crippen LogP contribution in [0.2, 0.25) is 0 Å². The highest BCUT2D eigenvalue weighted by molar-refractivity contribution is 7.99. The van der Waals surface area contributed by atoms with E-state index in [1.165, 1.54) is 17.1 Å². The minimum Gasteiger partial charge on any atom is -0.297 e. The molecule has 1 aliphatic rings. The maximum atomic E-state index is 12.5. The van der Waals surface area contributed by atoms with E-state index in [-0.39, 0.29) is 5.78 Å². The van der Waals surface area contributed by atoms with Gasteiger partial charge in [-0.25, -0.2) is 0 Å². The SMILES string of the molecule is O=C(c1ccccc1)c1cccc(CN2CCSCC2)c1. The summed E-state index contributed by atoms with van der Waals surface area (Å²) in [6.07, 6.45) is 0. The van der Waals surface area contributed by atoms with Gasteiger partial charge in [0.15, 0.2) is 5.78 Å². The molecule has 1 saturated heterocycles. The van der Waals surface area contributed by atoms with Crippen LogP contribution >= 0.6 is 11.8 Å².